The highest BCUT2D eigenvalue weighted by Gasteiger charge is 2.01. The first-order chi connectivity index (χ1) is 7.50. The van der Waals surface area contributed by atoms with Gasteiger partial charge in [0.2, 0.25) is 0 Å². The van der Waals surface area contributed by atoms with E-state index in [0.717, 1.165) is 0 Å². The predicted molar refractivity (Wildman–Crippen MR) is 64.4 cm³/mol. The van der Waals surface area contributed by atoms with Gasteiger partial charge in [0, 0.05) is 6.42 Å². The summed E-state index contributed by atoms with van der Waals surface area (Å²) in [4.78, 5) is 10.3. The summed E-state index contributed by atoms with van der Waals surface area (Å²) in [6, 6.07) is 4.25. The molecule has 2 nitrogen and oxygen atoms in total. The van der Waals surface area contributed by atoms with E-state index in [1.54, 1.807) is 0 Å². The van der Waals surface area contributed by atoms with Crippen molar-refractivity contribution in [2.45, 2.75) is 33.6 Å². The molecule has 16 heavy (non-hydrogen) atoms. The summed E-state index contributed by atoms with van der Waals surface area (Å²) in [6.07, 6.45) is 0.551. The van der Waals surface area contributed by atoms with Crippen LogP contribution in [0.25, 0.3) is 0 Å². The summed E-state index contributed by atoms with van der Waals surface area (Å²) in [7, 11) is 0. The Morgan fingerprint density at radius 2 is 1.75 bits per heavy atom. The van der Waals surface area contributed by atoms with Crippen LogP contribution in [0.1, 0.15) is 28.7 Å². The van der Waals surface area contributed by atoms with Gasteiger partial charge in [-0.15, -0.1) is 0 Å². The van der Waals surface area contributed by atoms with Crippen LogP contribution in [0.4, 0.5) is 0 Å². The number of hydrogen-bond donors (Lipinski definition) is 1. The van der Waals surface area contributed by atoms with Gasteiger partial charge >= 0.3 is 5.97 Å². The van der Waals surface area contributed by atoms with Crippen LogP contribution in [-0.4, -0.2) is 11.1 Å². The Morgan fingerprint density at radius 1 is 1.19 bits per heavy atom. The molecule has 0 unspecified atom stereocenters. The second kappa shape index (κ2) is 5.37. The quantitative estimate of drug-likeness (QED) is 0.772. The van der Waals surface area contributed by atoms with Crippen molar-refractivity contribution in [2.75, 3.05) is 0 Å². The van der Waals surface area contributed by atoms with Crippen LogP contribution in [0.5, 0.6) is 0 Å². The molecule has 0 fully saturated rings. The highest BCUT2D eigenvalue weighted by Crippen LogP contribution is 2.16. The number of carbonyl (C=O) groups is 1. The standard InChI is InChI=1S/C14H16O2/c1-10-8-11(2)13(12(3)9-10)6-4-5-7-14(15)16/h8-9H,6-7H2,1-3H3,(H,15,16). The molecule has 1 rings (SSSR count). The van der Waals surface area contributed by atoms with Gasteiger partial charge in [0.25, 0.3) is 0 Å². The van der Waals surface area contributed by atoms with E-state index in [1.807, 2.05) is 0 Å². The van der Waals surface area contributed by atoms with Crippen LogP contribution in [0.2, 0.25) is 0 Å². The third-order valence-corrected chi connectivity index (χ3v) is 2.47. The molecule has 0 bridgehead atoms. The molecule has 2 heteroatoms. The van der Waals surface area contributed by atoms with Gasteiger partial charge in [0.1, 0.15) is 6.42 Å². The number of carboxylic acid groups (broad SMARTS) is 1. The van der Waals surface area contributed by atoms with Gasteiger partial charge in [-0.25, -0.2) is 0 Å². The van der Waals surface area contributed by atoms with E-state index in [2.05, 4.69) is 44.7 Å². The minimum atomic E-state index is -0.871. The van der Waals surface area contributed by atoms with E-state index in [-0.39, 0.29) is 6.42 Å². The van der Waals surface area contributed by atoms with Crippen LogP contribution < -0.4 is 0 Å². The van der Waals surface area contributed by atoms with Gasteiger partial charge < -0.3 is 5.11 Å². The van der Waals surface area contributed by atoms with Crippen LogP contribution in [0.15, 0.2) is 12.1 Å². The monoisotopic (exact) mass is 216 g/mol. The lowest BCUT2D eigenvalue weighted by molar-refractivity contribution is -0.135. The third-order valence-electron chi connectivity index (χ3n) is 2.47. The van der Waals surface area contributed by atoms with Crippen molar-refractivity contribution in [1.29, 1.82) is 0 Å². The summed E-state index contributed by atoms with van der Waals surface area (Å²) in [5, 5.41) is 8.45. The smallest absolute Gasteiger partial charge is 0.315 e. The number of aryl methyl sites for hydroxylation is 3. The zero-order chi connectivity index (χ0) is 12.1. The van der Waals surface area contributed by atoms with E-state index < -0.39 is 5.97 Å². The molecule has 0 spiro atoms. The molecule has 0 aliphatic rings. The normalized spacial score (nSPS) is 9.44. The second-order valence-corrected chi connectivity index (χ2v) is 3.98. The topological polar surface area (TPSA) is 37.3 Å². The predicted octanol–water partition coefficient (Wildman–Crippen LogP) is 2.63. The van der Waals surface area contributed by atoms with Crippen LogP contribution in [0, 0.1) is 32.6 Å². The maximum absolute atomic E-state index is 10.3. The minimum Gasteiger partial charge on any atom is -0.481 e. The molecule has 1 aromatic rings. The highest BCUT2D eigenvalue weighted by molar-refractivity contribution is 5.69. The molecule has 0 saturated carbocycles. The van der Waals surface area contributed by atoms with Crippen molar-refractivity contribution in [1.82, 2.24) is 0 Å². The van der Waals surface area contributed by atoms with Crippen molar-refractivity contribution in [3.8, 4) is 11.8 Å². The van der Waals surface area contributed by atoms with Gasteiger partial charge in [0.15, 0.2) is 0 Å². The maximum atomic E-state index is 10.3. The van der Waals surface area contributed by atoms with Crippen molar-refractivity contribution in [3.63, 3.8) is 0 Å². The number of rotatable bonds is 2. The lowest BCUT2D eigenvalue weighted by Crippen LogP contribution is -1.94. The lowest BCUT2D eigenvalue weighted by Gasteiger charge is -2.07. The SMILES string of the molecule is Cc1cc(C)c(CC#CCC(=O)O)c(C)c1. The molecule has 0 aromatic heterocycles. The summed E-state index contributed by atoms with van der Waals surface area (Å²) < 4.78 is 0. The Balaban J connectivity index is 2.80. The Morgan fingerprint density at radius 3 is 2.25 bits per heavy atom. The Bertz CT molecular complexity index is 438. The van der Waals surface area contributed by atoms with Crippen molar-refractivity contribution in [3.05, 3.63) is 34.4 Å². The molecular formula is C14H16O2. The molecular weight excluding hydrogens is 200 g/mol. The lowest BCUT2D eigenvalue weighted by atomic mass is 9.98. The number of hydrogen-bond acceptors (Lipinski definition) is 1. The first-order valence-corrected chi connectivity index (χ1v) is 5.25. The molecule has 0 heterocycles. The highest BCUT2D eigenvalue weighted by atomic mass is 16.4. The van der Waals surface area contributed by atoms with Crippen LogP contribution in [-0.2, 0) is 11.2 Å². The maximum Gasteiger partial charge on any atom is 0.315 e. The van der Waals surface area contributed by atoms with E-state index in [1.165, 1.54) is 22.3 Å². The molecule has 0 radical (unpaired) electrons. The molecule has 0 aliphatic carbocycles. The molecule has 84 valence electrons. The number of carboxylic acids is 1. The van der Waals surface area contributed by atoms with Crippen LogP contribution >= 0.6 is 0 Å². The fourth-order valence-electron chi connectivity index (χ4n) is 1.78. The number of benzene rings is 1. The van der Waals surface area contributed by atoms with E-state index in [4.69, 9.17) is 5.11 Å². The van der Waals surface area contributed by atoms with E-state index >= 15 is 0 Å². The summed E-state index contributed by atoms with van der Waals surface area (Å²) >= 11 is 0. The Labute approximate surface area is 96.3 Å². The zero-order valence-electron chi connectivity index (χ0n) is 9.92. The molecule has 0 saturated heterocycles. The fourth-order valence-corrected chi connectivity index (χ4v) is 1.78. The van der Waals surface area contributed by atoms with E-state index in [9.17, 15) is 4.79 Å². The number of aliphatic carboxylic acids is 1. The molecule has 0 aliphatic heterocycles. The van der Waals surface area contributed by atoms with Gasteiger partial charge in [-0.1, -0.05) is 29.5 Å². The Kier molecular flexibility index (Phi) is 4.13. The summed E-state index contributed by atoms with van der Waals surface area (Å²) in [5.74, 6) is 4.69. The third kappa shape index (κ3) is 3.43. The fraction of sp³-hybridized carbons (Fsp3) is 0.357. The second-order valence-electron chi connectivity index (χ2n) is 3.98. The summed E-state index contributed by atoms with van der Waals surface area (Å²) in [5.41, 5.74) is 4.91. The molecule has 1 N–H and O–H groups in total. The summed E-state index contributed by atoms with van der Waals surface area (Å²) in [6.45, 7) is 6.20. The van der Waals surface area contributed by atoms with E-state index in [0.29, 0.717) is 6.42 Å². The average molecular weight is 216 g/mol. The Hall–Kier alpha value is -1.75. The first kappa shape index (κ1) is 12.3. The molecule has 0 atom stereocenters. The molecule has 1 aromatic carbocycles. The minimum absolute atomic E-state index is 0.0794. The first-order valence-electron chi connectivity index (χ1n) is 5.25. The average Bonchev–Trinajstić information content (AvgIpc) is 2.14. The van der Waals surface area contributed by atoms with Crippen molar-refractivity contribution < 1.29 is 9.90 Å². The largest absolute Gasteiger partial charge is 0.481 e. The van der Waals surface area contributed by atoms with Gasteiger partial charge in [-0.05, 0) is 37.5 Å². The molecule has 0 amide bonds. The van der Waals surface area contributed by atoms with Gasteiger partial charge in [-0.2, -0.15) is 0 Å². The van der Waals surface area contributed by atoms with Crippen LogP contribution in [0.3, 0.4) is 0 Å². The van der Waals surface area contributed by atoms with Gasteiger partial charge in [0.05, 0.1) is 0 Å². The van der Waals surface area contributed by atoms with Gasteiger partial charge in [-0.3, -0.25) is 4.79 Å². The van der Waals surface area contributed by atoms with Crippen molar-refractivity contribution >= 4 is 5.97 Å². The zero-order valence-corrected chi connectivity index (χ0v) is 9.92. The van der Waals surface area contributed by atoms with Crippen molar-refractivity contribution in [2.24, 2.45) is 0 Å².